The van der Waals surface area contributed by atoms with Gasteiger partial charge in [-0.15, -0.1) is 0 Å². The van der Waals surface area contributed by atoms with Gasteiger partial charge in [-0.05, 0) is 25.0 Å². The van der Waals surface area contributed by atoms with Crippen molar-refractivity contribution in [3.8, 4) is 0 Å². The first-order valence-corrected chi connectivity index (χ1v) is 8.84. The van der Waals surface area contributed by atoms with Crippen LogP contribution in [0.3, 0.4) is 0 Å². The molecule has 5 heteroatoms. The van der Waals surface area contributed by atoms with Gasteiger partial charge in [-0.1, -0.05) is 32.6 Å². The van der Waals surface area contributed by atoms with Gasteiger partial charge in [-0.2, -0.15) is 11.8 Å². The minimum absolute atomic E-state index is 0.0137. The number of carbonyl (C=O) groups excluding carboxylic acids is 1. The molecule has 0 aromatic rings. The fourth-order valence-corrected chi connectivity index (χ4v) is 3.59. The first kappa shape index (κ1) is 17.3. The third-order valence-electron chi connectivity index (χ3n) is 4.00. The van der Waals surface area contributed by atoms with E-state index in [1.807, 2.05) is 0 Å². The van der Waals surface area contributed by atoms with Crippen molar-refractivity contribution in [3.05, 3.63) is 0 Å². The summed E-state index contributed by atoms with van der Waals surface area (Å²) in [5, 5.41) is 12.3. The average molecular weight is 301 g/mol. The van der Waals surface area contributed by atoms with Crippen LogP contribution in [0.15, 0.2) is 0 Å². The maximum absolute atomic E-state index is 11.8. The fourth-order valence-electron chi connectivity index (χ4n) is 2.56. The molecule has 0 aliphatic heterocycles. The van der Waals surface area contributed by atoms with Crippen LogP contribution in [0.4, 0.5) is 0 Å². The van der Waals surface area contributed by atoms with Gasteiger partial charge in [0.2, 0.25) is 5.91 Å². The molecule has 1 aliphatic carbocycles. The molecule has 0 aromatic carbocycles. The Morgan fingerprint density at radius 2 is 1.90 bits per heavy atom. The van der Waals surface area contributed by atoms with Crippen molar-refractivity contribution in [1.82, 2.24) is 5.32 Å². The zero-order chi connectivity index (χ0) is 14.8. The molecule has 1 saturated carbocycles. The Bertz CT molecular complexity index is 314. The zero-order valence-electron chi connectivity index (χ0n) is 12.5. The van der Waals surface area contributed by atoms with Crippen LogP contribution >= 0.6 is 11.8 Å². The predicted molar refractivity (Wildman–Crippen MR) is 83.0 cm³/mol. The number of rotatable bonds is 9. The fraction of sp³-hybridized carbons (Fsp3) is 0.867. The highest BCUT2D eigenvalue weighted by Crippen LogP contribution is 2.36. The summed E-state index contributed by atoms with van der Waals surface area (Å²) in [6.07, 6.45) is 7.25. The number of aliphatic carboxylic acids is 1. The topological polar surface area (TPSA) is 66.4 Å². The Morgan fingerprint density at radius 1 is 1.20 bits per heavy atom. The molecule has 0 aromatic heterocycles. The molecule has 1 amide bonds. The van der Waals surface area contributed by atoms with Crippen LogP contribution in [0.5, 0.6) is 0 Å². The minimum Gasteiger partial charge on any atom is -0.481 e. The van der Waals surface area contributed by atoms with Crippen LogP contribution in [0, 0.1) is 5.41 Å². The highest BCUT2D eigenvalue weighted by Gasteiger charge is 2.39. The minimum atomic E-state index is -0.755. The van der Waals surface area contributed by atoms with E-state index in [1.165, 1.54) is 12.8 Å². The molecule has 0 atom stereocenters. The second-order valence-corrected chi connectivity index (χ2v) is 6.86. The number of hydrogen-bond donors (Lipinski definition) is 2. The molecule has 1 aliphatic rings. The van der Waals surface area contributed by atoms with E-state index in [2.05, 4.69) is 12.2 Å². The van der Waals surface area contributed by atoms with E-state index in [1.54, 1.807) is 11.8 Å². The largest absolute Gasteiger partial charge is 0.481 e. The second kappa shape index (κ2) is 9.27. The van der Waals surface area contributed by atoms with E-state index in [9.17, 15) is 14.7 Å². The standard InChI is InChI=1S/C15H27NO3S/c1-2-3-10-20-11-7-13(17)16-12-15(14(18)19)8-5-4-6-9-15/h2-12H2,1H3,(H,16,17)(H,18,19). The van der Waals surface area contributed by atoms with Crippen LogP contribution in [0.2, 0.25) is 0 Å². The third-order valence-corrected chi connectivity index (χ3v) is 5.07. The lowest BCUT2D eigenvalue weighted by Gasteiger charge is -2.33. The van der Waals surface area contributed by atoms with E-state index < -0.39 is 11.4 Å². The van der Waals surface area contributed by atoms with Crippen molar-refractivity contribution in [2.75, 3.05) is 18.1 Å². The molecule has 2 N–H and O–H groups in total. The Balaban J connectivity index is 2.25. The summed E-state index contributed by atoms with van der Waals surface area (Å²) >= 11 is 1.80. The summed E-state index contributed by atoms with van der Waals surface area (Å²) < 4.78 is 0. The Hall–Kier alpha value is -0.710. The van der Waals surface area contributed by atoms with Crippen LogP contribution in [0.25, 0.3) is 0 Å². The van der Waals surface area contributed by atoms with E-state index in [0.29, 0.717) is 25.8 Å². The first-order valence-electron chi connectivity index (χ1n) is 7.68. The molecule has 0 unspecified atom stereocenters. The summed E-state index contributed by atoms with van der Waals surface area (Å²) in [7, 11) is 0. The van der Waals surface area contributed by atoms with Crippen molar-refractivity contribution < 1.29 is 14.7 Å². The average Bonchev–Trinajstić information content (AvgIpc) is 2.46. The van der Waals surface area contributed by atoms with E-state index in [-0.39, 0.29) is 5.91 Å². The summed E-state index contributed by atoms with van der Waals surface area (Å²) in [4.78, 5) is 23.2. The summed E-state index contributed by atoms with van der Waals surface area (Å²) in [5.74, 6) is 1.16. The molecule has 1 fully saturated rings. The summed E-state index contributed by atoms with van der Waals surface area (Å²) in [6, 6.07) is 0. The van der Waals surface area contributed by atoms with Gasteiger partial charge < -0.3 is 10.4 Å². The normalized spacial score (nSPS) is 17.6. The molecule has 20 heavy (non-hydrogen) atoms. The lowest BCUT2D eigenvalue weighted by atomic mass is 9.74. The number of unbranched alkanes of at least 4 members (excludes halogenated alkanes) is 1. The van der Waals surface area contributed by atoms with E-state index in [4.69, 9.17) is 0 Å². The lowest BCUT2D eigenvalue weighted by Crippen LogP contribution is -2.44. The van der Waals surface area contributed by atoms with Gasteiger partial charge in [-0.25, -0.2) is 0 Å². The predicted octanol–water partition coefficient (Wildman–Crippen LogP) is 3.06. The monoisotopic (exact) mass is 301 g/mol. The number of carbonyl (C=O) groups is 2. The maximum Gasteiger partial charge on any atom is 0.311 e. The van der Waals surface area contributed by atoms with Gasteiger partial charge >= 0.3 is 5.97 Å². The van der Waals surface area contributed by atoms with Gasteiger partial charge in [0, 0.05) is 18.7 Å². The number of carboxylic acid groups (broad SMARTS) is 1. The van der Waals surface area contributed by atoms with Crippen LogP contribution in [-0.2, 0) is 9.59 Å². The van der Waals surface area contributed by atoms with Crippen molar-refractivity contribution in [1.29, 1.82) is 0 Å². The molecular weight excluding hydrogens is 274 g/mol. The number of carboxylic acids is 1. The Labute approximate surface area is 126 Å². The molecule has 0 heterocycles. The molecule has 0 saturated heterocycles. The molecular formula is C15H27NO3S. The number of hydrogen-bond acceptors (Lipinski definition) is 3. The molecule has 0 radical (unpaired) electrons. The van der Waals surface area contributed by atoms with Gasteiger partial charge in [0.25, 0.3) is 0 Å². The van der Waals surface area contributed by atoms with Crippen molar-refractivity contribution in [2.24, 2.45) is 5.41 Å². The maximum atomic E-state index is 11.8. The van der Waals surface area contributed by atoms with Crippen LogP contribution < -0.4 is 5.32 Å². The number of thioether (sulfide) groups is 1. The Kier molecular flexibility index (Phi) is 8.04. The SMILES string of the molecule is CCCCSCCC(=O)NCC1(C(=O)O)CCCCC1. The number of amides is 1. The van der Waals surface area contributed by atoms with Crippen molar-refractivity contribution in [3.63, 3.8) is 0 Å². The molecule has 1 rings (SSSR count). The van der Waals surface area contributed by atoms with Gasteiger partial charge in [0.05, 0.1) is 5.41 Å². The lowest BCUT2D eigenvalue weighted by molar-refractivity contribution is -0.151. The summed E-state index contributed by atoms with van der Waals surface area (Å²) in [6.45, 7) is 2.45. The second-order valence-electron chi connectivity index (χ2n) is 5.64. The van der Waals surface area contributed by atoms with E-state index in [0.717, 1.165) is 30.8 Å². The highest BCUT2D eigenvalue weighted by molar-refractivity contribution is 7.99. The third kappa shape index (κ3) is 5.73. The smallest absolute Gasteiger partial charge is 0.311 e. The zero-order valence-corrected chi connectivity index (χ0v) is 13.3. The van der Waals surface area contributed by atoms with Gasteiger partial charge in [-0.3, -0.25) is 9.59 Å². The molecule has 116 valence electrons. The molecule has 4 nitrogen and oxygen atoms in total. The first-order chi connectivity index (χ1) is 9.60. The van der Waals surface area contributed by atoms with Gasteiger partial charge in [0.1, 0.15) is 0 Å². The molecule has 0 bridgehead atoms. The van der Waals surface area contributed by atoms with Crippen molar-refractivity contribution in [2.45, 2.75) is 58.3 Å². The van der Waals surface area contributed by atoms with Crippen LogP contribution in [-0.4, -0.2) is 35.0 Å². The van der Waals surface area contributed by atoms with Crippen molar-refractivity contribution >= 4 is 23.6 Å². The van der Waals surface area contributed by atoms with Crippen LogP contribution in [0.1, 0.15) is 58.3 Å². The van der Waals surface area contributed by atoms with Gasteiger partial charge in [0.15, 0.2) is 0 Å². The number of nitrogens with one attached hydrogen (secondary N) is 1. The highest BCUT2D eigenvalue weighted by atomic mass is 32.2. The quantitative estimate of drug-likeness (QED) is 0.642. The van der Waals surface area contributed by atoms with E-state index >= 15 is 0 Å². The summed E-state index contributed by atoms with van der Waals surface area (Å²) in [5.41, 5.74) is -0.719. The Morgan fingerprint density at radius 3 is 2.50 bits per heavy atom. The molecule has 0 spiro atoms.